The molecular weight excluding hydrogens is 388 g/mol. The highest BCUT2D eigenvalue weighted by Crippen LogP contribution is 2.49. The summed E-state index contributed by atoms with van der Waals surface area (Å²) in [6, 6.07) is 16.2. The van der Waals surface area contributed by atoms with E-state index in [4.69, 9.17) is 4.84 Å². The standard InChI is InChI=1S/C22H16N2O6/c25-18-14-10-15-17(16(14)19(26)23-18)21(28)24(20(15)27)30-22(29)13-8-6-12(7-9-13)11-4-2-1-3-5-11/h1-9,14-17H,10H2,(H,23,25,26)/t14-,15+,16-,17-/m1/s1. The van der Waals surface area contributed by atoms with Crippen LogP contribution < -0.4 is 5.32 Å². The molecule has 8 heteroatoms. The zero-order valence-corrected chi connectivity index (χ0v) is 15.6. The van der Waals surface area contributed by atoms with Crippen molar-refractivity contribution in [2.45, 2.75) is 6.42 Å². The fourth-order valence-electron chi connectivity index (χ4n) is 4.61. The maximum atomic E-state index is 12.7. The predicted octanol–water partition coefficient (Wildman–Crippen LogP) is 1.32. The molecule has 8 nitrogen and oxygen atoms in total. The minimum absolute atomic E-state index is 0.0945. The fourth-order valence-corrected chi connectivity index (χ4v) is 4.61. The smallest absolute Gasteiger partial charge is 0.325 e. The third-order valence-electron chi connectivity index (χ3n) is 6.05. The van der Waals surface area contributed by atoms with E-state index in [1.54, 1.807) is 24.3 Å². The Kier molecular flexibility index (Phi) is 4.02. The molecule has 0 unspecified atom stereocenters. The molecule has 30 heavy (non-hydrogen) atoms. The first-order chi connectivity index (χ1) is 14.5. The largest absolute Gasteiger partial charge is 0.363 e. The summed E-state index contributed by atoms with van der Waals surface area (Å²) in [5.74, 6) is -6.65. The molecule has 0 aromatic heterocycles. The van der Waals surface area contributed by atoms with Crippen LogP contribution in [0.4, 0.5) is 0 Å². The van der Waals surface area contributed by atoms with Gasteiger partial charge < -0.3 is 4.84 Å². The number of benzene rings is 2. The van der Waals surface area contributed by atoms with Crippen molar-refractivity contribution in [2.75, 3.05) is 0 Å². The van der Waals surface area contributed by atoms with E-state index in [9.17, 15) is 24.0 Å². The number of carbonyl (C=O) groups excluding carboxylic acids is 5. The van der Waals surface area contributed by atoms with Gasteiger partial charge in [0.25, 0.3) is 11.8 Å². The number of carbonyl (C=O) groups is 5. The van der Waals surface area contributed by atoms with Crippen LogP contribution in [0.25, 0.3) is 11.1 Å². The van der Waals surface area contributed by atoms with Gasteiger partial charge in [0.15, 0.2) is 0 Å². The third kappa shape index (κ3) is 2.64. The molecule has 1 N–H and O–H groups in total. The van der Waals surface area contributed by atoms with E-state index in [0.29, 0.717) is 5.06 Å². The van der Waals surface area contributed by atoms with Crippen molar-refractivity contribution < 1.29 is 28.8 Å². The number of rotatable bonds is 3. The number of fused-ring (bicyclic) bond motifs is 3. The Balaban J connectivity index is 1.32. The van der Waals surface area contributed by atoms with E-state index in [1.165, 1.54) is 0 Å². The molecule has 150 valence electrons. The van der Waals surface area contributed by atoms with Crippen molar-refractivity contribution in [2.24, 2.45) is 23.7 Å². The van der Waals surface area contributed by atoms with Crippen LogP contribution in [0, 0.1) is 23.7 Å². The lowest BCUT2D eigenvalue weighted by Gasteiger charge is -2.16. The molecule has 4 amide bonds. The van der Waals surface area contributed by atoms with E-state index < -0.39 is 53.3 Å². The summed E-state index contributed by atoms with van der Waals surface area (Å²) in [7, 11) is 0. The first-order valence-electron chi connectivity index (χ1n) is 9.56. The van der Waals surface area contributed by atoms with Crippen LogP contribution >= 0.6 is 0 Å². The van der Waals surface area contributed by atoms with Crippen molar-refractivity contribution >= 4 is 29.6 Å². The van der Waals surface area contributed by atoms with E-state index in [2.05, 4.69) is 5.32 Å². The molecule has 3 aliphatic rings. The zero-order valence-electron chi connectivity index (χ0n) is 15.6. The van der Waals surface area contributed by atoms with E-state index in [1.807, 2.05) is 30.3 Å². The van der Waals surface area contributed by atoms with Crippen molar-refractivity contribution in [3.63, 3.8) is 0 Å². The van der Waals surface area contributed by atoms with Crippen molar-refractivity contribution in [3.8, 4) is 11.1 Å². The highest BCUT2D eigenvalue weighted by molar-refractivity contribution is 6.13. The second-order valence-corrected chi connectivity index (χ2v) is 7.65. The normalized spacial score (nSPS) is 27.1. The van der Waals surface area contributed by atoms with Gasteiger partial charge in [-0.3, -0.25) is 24.5 Å². The molecule has 0 spiro atoms. The van der Waals surface area contributed by atoms with Gasteiger partial charge >= 0.3 is 5.97 Å². The van der Waals surface area contributed by atoms with Crippen LogP contribution in [-0.2, 0) is 24.0 Å². The van der Waals surface area contributed by atoms with Gasteiger partial charge in [-0.2, -0.15) is 0 Å². The SMILES string of the molecule is O=C(ON1C(=O)[C@H]2[C@@H]3C(=O)NC(=O)[C@@H]3C[C@@H]2C1=O)c1ccc(-c2ccccc2)cc1. The van der Waals surface area contributed by atoms with Gasteiger partial charge in [-0.15, -0.1) is 5.06 Å². The van der Waals surface area contributed by atoms with Gasteiger partial charge in [0.05, 0.1) is 29.2 Å². The lowest BCUT2D eigenvalue weighted by atomic mass is 9.89. The third-order valence-corrected chi connectivity index (χ3v) is 6.05. The zero-order chi connectivity index (χ0) is 21.0. The Bertz CT molecular complexity index is 1090. The molecular formula is C22H16N2O6. The maximum Gasteiger partial charge on any atom is 0.363 e. The molecule has 2 aromatic rings. The molecule has 0 bridgehead atoms. The maximum absolute atomic E-state index is 12.7. The number of hydroxylamine groups is 2. The monoisotopic (exact) mass is 404 g/mol. The predicted molar refractivity (Wildman–Crippen MR) is 101 cm³/mol. The second kappa shape index (κ2) is 6.62. The van der Waals surface area contributed by atoms with Gasteiger partial charge in [0.2, 0.25) is 11.8 Å². The van der Waals surface area contributed by atoms with Crippen LogP contribution in [0.2, 0.25) is 0 Å². The van der Waals surface area contributed by atoms with Crippen molar-refractivity contribution in [3.05, 3.63) is 60.2 Å². The summed E-state index contributed by atoms with van der Waals surface area (Å²) < 4.78 is 0. The molecule has 4 atom stereocenters. The highest BCUT2D eigenvalue weighted by Gasteiger charge is 2.65. The van der Waals surface area contributed by atoms with E-state index in [-0.39, 0.29) is 12.0 Å². The van der Waals surface area contributed by atoms with Gasteiger partial charge in [0, 0.05) is 0 Å². The second-order valence-electron chi connectivity index (χ2n) is 7.65. The molecule has 2 aromatic carbocycles. The van der Waals surface area contributed by atoms with Crippen LogP contribution in [0.5, 0.6) is 0 Å². The average molecular weight is 404 g/mol. The van der Waals surface area contributed by atoms with Gasteiger partial charge in [-0.1, -0.05) is 42.5 Å². The topological polar surface area (TPSA) is 110 Å². The van der Waals surface area contributed by atoms with Crippen LogP contribution in [-0.4, -0.2) is 34.7 Å². The molecule has 5 rings (SSSR count). The minimum atomic E-state index is -0.970. The summed E-state index contributed by atoms with van der Waals surface area (Å²) >= 11 is 0. The Morgan fingerprint density at radius 2 is 1.47 bits per heavy atom. The van der Waals surface area contributed by atoms with Crippen molar-refractivity contribution in [1.29, 1.82) is 0 Å². The lowest BCUT2D eigenvalue weighted by Crippen LogP contribution is -2.36. The Morgan fingerprint density at radius 3 is 2.17 bits per heavy atom. The molecule has 2 heterocycles. The molecule has 2 aliphatic heterocycles. The average Bonchev–Trinajstić information content (AvgIpc) is 3.36. The minimum Gasteiger partial charge on any atom is -0.325 e. The number of hydrogen-bond acceptors (Lipinski definition) is 6. The number of nitrogens with zero attached hydrogens (tertiary/aromatic N) is 1. The Labute approximate surface area is 170 Å². The van der Waals surface area contributed by atoms with Gasteiger partial charge in [0.1, 0.15) is 0 Å². The molecule has 0 radical (unpaired) electrons. The molecule has 3 fully saturated rings. The number of nitrogens with one attached hydrogen (secondary N) is 1. The number of hydrogen-bond donors (Lipinski definition) is 1. The van der Waals surface area contributed by atoms with Crippen LogP contribution in [0.3, 0.4) is 0 Å². The van der Waals surface area contributed by atoms with Crippen molar-refractivity contribution in [1.82, 2.24) is 10.4 Å². The van der Waals surface area contributed by atoms with Gasteiger partial charge in [-0.05, 0) is 29.7 Å². The van der Waals surface area contributed by atoms with Gasteiger partial charge in [-0.25, -0.2) is 4.79 Å². The quantitative estimate of drug-likeness (QED) is 0.773. The van der Waals surface area contributed by atoms with Crippen LogP contribution in [0.1, 0.15) is 16.8 Å². The highest BCUT2D eigenvalue weighted by atomic mass is 16.7. The number of amides is 4. The molecule has 1 aliphatic carbocycles. The first kappa shape index (κ1) is 18.2. The summed E-state index contributed by atoms with van der Waals surface area (Å²) in [5.41, 5.74) is 2.06. The Morgan fingerprint density at radius 1 is 0.800 bits per heavy atom. The molecule has 1 saturated carbocycles. The summed E-state index contributed by atoms with van der Waals surface area (Å²) in [4.78, 5) is 66.8. The first-order valence-corrected chi connectivity index (χ1v) is 9.56. The van der Waals surface area contributed by atoms with E-state index in [0.717, 1.165) is 11.1 Å². The summed E-state index contributed by atoms with van der Waals surface area (Å²) in [5, 5.41) is 2.65. The van der Waals surface area contributed by atoms with Crippen LogP contribution in [0.15, 0.2) is 54.6 Å². The fraction of sp³-hybridized carbons (Fsp3) is 0.227. The van der Waals surface area contributed by atoms with E-state index >= 15 is 0 Å². The Hall–Kier alpha value is -3.81. The molecule has 2 saturated heterocycles. The number of imide groups is 2. The lowest BCUT2D eigenvalue weighted by molar-refractivity contribution is -0.175. The summed E-state index contributed by atoms with van der Waals surface area (Å²) in [6.45, 7) is 0. The summed E-state index contributed by atoms with van der Waals surface area (Å²) in [6.07, 6.45) is 0.0945.